The monoisotopic (exact) mass is 468 g/mol. The lowest BCUT2D eigenvalue weighted by molar-refractivity contribution is -0.118. The Kier molecular flexibility index (Phi) is 5.47. The smallest absolute Gasteiger partial charge is 0.269 e. The van der Waals surface area contributed by atoms with E-state index in [2.05, 4.69) is 20.5 Å². The van der Waals surface area contributed by atoms with Crippen molar-refractivity contribution < 1.29 is 18.4 Å². The summed E-state index contributed by atoms with van der Waals surface area (Å²) in [6, 6.07) is 4.56. The van der Waals surface area contributed by atoms with E-state index in [1.165, 1.54) is 13.1 Å². The molecule has 8 nitrogen and oxygen atoms in total. The molecule has 1 saturated heterocycles. The van der Waals surface area contributed by atoms with E-state index in [1.807, 2.05) is 28.7 Å². The molecular weight excluding hydrogens is 442 g/mol. The van der Waals surface area contributed by atoms with E-state index in [0.717, 1.165) is 16.5 Å². The van der Waals surface area contributed by atoms with Gasteiger partial charge in [0.25, 0.3) is 5.91 Å². The lowest BCUT2D eigenvalue weighted by Gasteiger charge is -2.36. The number of hydrogen-bond donors (Lipinski definition) is 2. The SMILES string of the molecule is CNC(=O)c1ccc(N2CCN(Cc3cc4c(C)cn5c4c(c3F)NC(=O)C5C)CC2)c(F)n1. The molecule has 2 N–H and O–H groups in total. The average Bonchev–Trinajstić information content (AvgIpc) is 3.16. The molecular formula is C24H26F2N6O2. The summed E-state index contributed by atoms with van der Waals surface area (Å²) >= 11 is 0. The third-order valence-corrected chi connectivity index (χ3v) is 6.77. The zero-order valence-electron chi connectivity index (χ0n) is 19.3. The molecule has 2 aliphatic rings. The van der Waals surface area contributed by atoms with Crippen LogP contribution in [0, 0.1) is 18.7 Å². The van der Waals surface area contributed by atoms with Gasteiger partial charge in [0, 0.05) is 56.9 Å². The van der Waals surface area contributed by atoms with Crippen molar-refractivity contribution >= 4 is 34.1 Å². The largest absolute Gasteiger partial charge is 0.365 e. The molecule has 4 heterocycles. The molecule has 2 aromatic heterocycles. The van der Waals surface area contributed by atoms with Crippen molar-refractivity contribution in [2.45, 2.75) is 26.4 Å². The molecule has 178 valence electrons. The molecule has 0 saturated carbocycles. The van der Waals surface area contributed by atoms with Gasteiger partial charge in [0.15, 0.2) is 5.82 Å². The van der Waals surface area contributed by atoms with Gasteiger partial charge in [-0.25, -0.2) is 9.37 Å². The molecule has 0 bridgehead atoms. The van der Waals surface area contributed by atoms with Crippen LogP contribution in [0.1, 0.15) is 34.6 Å². The lowest BCUT2D eigenvalue weighted by Crippen LogP contribution is -2.46. The van der Waals surface area contributed by atoms with Crippen LogP contribution in [0.4, 0.5) is 20.2 Å². The highest BCUT2D eigenvalue weighted by atomic mass is 19.1. The molecule has 3 aromatic rings. The van der Waals surface area contributed by atoms with Gasteiger partial charge < -0.3 is 20.1 Å². The second-order valence-electron chi connectivity index (χ2n) is 8.85. The quantitative estimate of drug-likeness (QED) is 0.576. The highest BCUT2D eigenvalue weighted by Crippen LogP contribution is 2.38. The fourth-order valence-electron chi connectivity index (χ4n) is 4.81. The average molecular weight is 469 g/mol. The van der Waals surface area contributed by atoms with Crippen molar-refractivity contribution in [3.63, 3.8) is 0 Å². The highest BCUT2D eigenvalue weighted by Gasteiger charge is 2.30. The highest BCUT2D eigenvalue weighted by molar-refractivity contribution is 6.07. The van der Waals surface area contributed by atoms with Gasteiger partial charge in [-0.2, -0.15) is 4.39 Å². The summed E-state index contributed by atoms with van der Waals surface area (Å²) < 4.78 is 31.8. The van der Waals surface area contributed by atoms with E-state index < -0.39 is 17.7 Å². The molecule has 0 radical (unpaired) electrons. The second-order valence-corrected chi connectivity index (χ2v) is 8.85. The predicted molar refractivity (Wildman–Crippen MR) is 125 cm³/mol. The fourth-order valence-corrected chi connectivity index (χ4v) is 4.81. The van der Waals surface area contributed by atoms with Crippen LogP contribution in [0.5, 0.6) is 0 Å². The van der Waals surface area contributed by atoms with Crippen molar-refractivity contribution in [2.24, 2.45) is 0 Å². The van der Waals surface area contributed by atoms with Gasteiger partial charge in [0.05, 0.1) is 11.2 Å². The Balaban J connectivity index is 1.33. The first-order valence-electron chi connectivity index (χ1n) is 11.3. The Morgan fingerprint density at radius 1 is 1.24 bits per heavy atom. The number of rotatable bonds is 4. The summed E-state index contributed by atoms with van der Waals surface area (Å²) in [5, 5.41) is 6.11. The first-order valence-corrected chi connectivity index (χ1v) is 11.3. The Morgan fingerprint density at radius 2 is 1.97 bits per heavy atom. The number of nitrogens with one attached hydrogen (secondary N) is 2. The summed E-state index contributed by atoms with van der Waals surface area (Å²) in [6.45, 7) is 6.43. The minimum absolute atomic E-state index is 0.0304. The van der Waals surface area contributed by atoms with E-state index in [4.69, 9.17) is 0 Å². The summed E-state index contributed by atoms with van der Waals surface area (Å²) in [6.07, 6.45) is 1.90. The number of carbonyl (C=O) groups excluding carboxylic acids is 2. The Bertz CT molecular complexity index is 1310. The summed E-state index contributed by atoms with van der Waals surface area (Å²) in [5.41, 5.74) is 2.86. The number of halogens is 2. The zero-order valence-corrected chi connectivity index (χ0v) is 19.3. The molecule has 1 fully saturated rings. The van der Waals surface area contributed by atoms with Crippen LogP contribution in [0.25, 0.3) is 10.9 Å². The normalized spacial score (nSPS) is 18.3. The van der Waals surface area contributed by atoms with Crippen LogP contribution >= 0.6 is 0 Å². The van der Waals surface area contributed by atoms with Crippen LogP contribution in [0.2, 0.25) is 0 Å². The summed E-state index contributed by atoms with van der Waals surface area (Å²) in [7, 11) is 1.47. The molecule has 34 heavy (non-hydrogen) atoms. The number of amides is 2. The standard InChI is InChI=1S/C24H26F2N6O2/c1-13-11-32-14(2)23(33)29-20-19(25)15(10-16(13)21(20)32)12-30-6-8-31(9-7-30)18-5-4-17(24(34)27-3)28-22(18)26/h4-5,10-11,14H,6-9,12H2,1-3H3,(H,27,34)(H,29,33). The summed E-state index contributed by atoms with van der Waals surface area (Å²) in [4.78, 5) is 31.8. The van der Waals surface area contributed by atoms with Crippen molar-refractivity contribution in [3.05, 3.63) is 53.0 Å². The fraction of sp³-hybridized carbons (Fsp3) is 0.375. The number of piperazine rings is 1. The number of anilines is 2. The molecule has 10 heteroatoms. The summed E-state index contributed by atoms with van der Waals surface area (Å²) in [5.74, 6) is -1.76. The van der Waals surface area contributed by atoms with Crippen molar-refractivity contribution in [3.8, 4) is 0 Å². The molecule has 1 unspecified atom stereocenters. The first-order chi connectivity index (χ1) is 16.3. The maximum Gasteiger partial charge on any atom is 0.269 e. The van der Waals surface area contributed by atoms with E-state index in [9.17, 15) is 14.0 Å². The van der Waals surface area contributed by atoms with E-state index in [0.29, 0.717) is 44.0 Å². The van der Waals surface area contributed by atoms with Crippen LogP contribution in [-0.4, -0.2) is 59.5 Å². The third kappa shape index (κ3) is 3.58. The number of hydrogen-bond acceptors (Lipinski definition) is 5. The number of aromatic nitrogens is 2. The number of carbonyl (C=O) groups is 2. The Morgan fingerprint density at radius 3 is 2.65 bits per heavy atom. The second kappa shape index (κ2) is 8.35. The lowest BCUT2D eigenvalue weighted by atomic mass is 10.0. The van der Waals surface area contributed by atoms with Gasteiger partial charge in [-0.1, -0.05) is 0 Å². The van der Waals surface area contributed by atoms with E-state index in [1.54, 1.807) is 13.0 Å². The molecule has 2 amide bonds. The molecule has 0 aliphatic carbocycles. The number of benzene rings is 1. The Hall–Kier alpha value is -3.53. The van der Waals surface area contributed by atoms with E-state index in [-0.39, 0.29) is 23.3 Å². The van der Waals surface area contributed by atoms with Crippen LogP contribution in [-0.2, 0) is 11.3 Å². The molecule has 5 rings (SSSR count). The third-order valence-electron chi connectivity index (χ3n) is 6.77. The number of nitrogens with zero attached hydrogens (tertiary/aromatic N) is 4. The van der Waals surface area contributed by atoms with Crippen LogP contribution in [0.15, 0.2) is 24.4 Å². The zero-order chi connectivity index (χ0) is 24.1. The molecule has 1 aromatic carbocycles. The van der Waals surface area contributed by atoms with Gasteiger partial charge in [0.2, 0.25) is 11.9 Å². The van der Waals surface area contributed by atoms with Gasteiger partial charge in [-0.05, 0) is 37.6 Å². The minimum Gasteiger partial charge on any atom is -0.365 e. The van der Waals surface area contributed by atoms with Crippen LogP contribution < -0.4 is 15.5 Å². The number of pyridine rings is 1. The maximum absolute atomic E-state index is 15.5. The van der Waals surface area contributed by atoms with Gasteiger partial charge >= 0.3 is 0 Å². The van der Waals surface area contributed by atoms with Crippen molar-refractivity contribution in [1.29, 1.82) is 0 Å². The van der Waals surface area contributed by atoms with Crippen molar-refractivity contribution in [1.82, 2.24) is 19.8 Å². The van der Waals surface area contributed by atoms with Gasteiger partial charge in [0.1, 0.15) is 17.4 Å². The predicted octanol–water partition coefficient (Wildman–Crippen LogP) is 2.82. The molecule has 2 aliphatic heterocycles. The molecule has 0 spiro atoms. The topological polar surface area (TPSA) is 82.5 Å². The Labute approximate surface area is 195 Å². The van der Waals surface area contributed by atoms with Gasteiger partial charge in [-0.3, -0.25) is 14.5 Å². The molecule has 1 atom stereocenters. The van der Waals surface area contributed by atoms with Gasteiger partial charge in [-0.15, -0.1) is 0 Å². The maximum atomic E-state index is 15.5. The first kappa shape index (κ1) is 22.3. The van der Waals surface area contributed by atoms with Crippen LogP contribution in [0.3, 0.4) is 0 Å². The number of aryl methyl sites for hydroxylation is 1. The van der Waals surface area contributed by atoms with Crippen molar-refractivity contribution in [2.75, 3.05) is 43.4 Å². The van der Waals surface area contributed by atoms with E-state index >= 15 is 4.39 Å². The minimum atomic E-state index is -0.685.